The fraction of sp³-hybridized carbons (Fsp3) is 0.900. The van der Waals surface area contributed by atoms with Gasteiger partial charge in [0.2, 0.25) is 0 Å². The Morgan fingerprint density at radius 3 is 2.38 bits per heavy atom. The molecule has 1 N–H and O–H groups in total. The zero-order valence-electron chi connectivity index (χ0n) is 7.74. The van der Waals surface area contributed by atoms with Gasteiger partial charge in [-0.05, 0) is 38.5 Å². The smallest absolute Gasteiger partial charge is 0.309 e. The Labute approximate surface area is 78.1 Å². The van der Waals surface area contributed by atoms with Crippen LogP contribution in [0.15, 0.2) is 0 Å². The molecule has 74 valence electrons. The molecule has 2 aliphatic carbocycles. The minimum Gasteiger partial charge on any atom is -0.481 e. The van der Waals surface area contributed by atoms with E-state index in [1.54, 1.807) is 0 Å². The third kappa shape index (κ3) is 1.85. The van der Waals surface area contributed by atoms with Crippen molar-refractivity contribution in [3.63, 3.8) is 0 Å². The molecule has 2 aliphatic rings. The predicted octanol–water partition coefficient (Wildman–Crippen LogP) is 1.81. The van der Waals surface area contributed by atoms with Gasteiger partial charge < -0.3 is 9.84 Å². The van der Waals surface area contributed by atoms with Crippen LogP contribution < -0.4 is 0 Å². The van der Waals surface area contributed by atoms with Crippen molar-refractivity contribution in [1.82, 2.24) is 0 Å². The monoisotopic (exact) mass is 184 g/mol. The average Bonchev–Trinajstić information content (AvgIpc) is 2.44. The maximum atomic E-state index is 10.8. The normalized spacial score (nSPS) is 34.5. The van der Waals surface area contributed by atoms with Gasteiger partial charge in [-0.25, -0.2) is 0 Å². The van der Waals surface area contributed by atoms with E-state index in [2.05, 4.69) is 0 Å². The van der Waals surface area contributed by atoms with Crippen LogP contribution >= 0.6 is 0 Å². The number of hydrogen-bond acceptors (Lipinski definition) is 2. The minimum absolute atomic E-state index is 0.00259. The third-order valence-electron chi connectivity index (χ3n) is 3.19. The molecule has 2 fully saturated rings. The fourth-order valence-corrected chi connectivity index (χ4v) is 2.13. The molecule has 0 aliphatic heterocycles. The summed E-state index contributed by atoms with van der Waals surface area (Å²) in [6, 6.07) is 0. The van der Waals surface area contributed by atoms with E-state index in [1.807, 2.05) is 0 Å². The molecule has 2 atom stereocenters. The molecule has 0 bridgehead atoms. The number of carboxylic acids is 1. The standard InChI is InChI=1S/C10H16O3/c11-10(12)8-5-2-6-9(8)13-7-3-1-4-7/h7-9H,1-6H2,(H,11,12). The van der Waals surface area contributed by atoms with Gasteiger partial charge in [0.15, 0.2) is 0 Å². The van der Waals surface area contributed by atoms with Gasteiger partial charge in [-0.1, -0.05) is 0 Å². The topological polar surface area (TPSA) is 46.5 Å². The van der Waals surface area contributed by atoms with Crippen molar-refractivity contribution in [2.75, 3.05) is 0 Å². The summed E-state index contributed by atoms with van der Waals surface area (Å²) in [7, 11) is 0. The van der Waals surface area contributed by atoms with Crippen molar-refractivity contribution >= 4 is 5.97 Å². The Hall–Kier alpha value is -0.570. The highest BCUT2D eigenvalue weighted by Crippen LogP contribution is 2.33. The molecule has 0 radical (unpaired) electrons. The largest absolute Gasteiger partial charge is 0.481 e. The lowest BCUT2D eigenvalue weighted by Gasteiger charge is -2.30. The number of carbonyl (C=O) groups is 1. The van der Waals surface area contributed by atoms with E-state index in [0.29, 0.717) is 6.10 Å². The Bertz CT molecular complexity index is 198. The quantitative estimate of drug-likeness (QED) is 0.727. The first-order valence-electron chi connectivity index (χ1n) is 5.15. The summed E-state index contributed by atoms with van der Waals surface area (Å²) >= 11 is 0. The Morgan fingerprint density at radius 1 is 1.15 bits per heavy atom. The molecule has 0 amide bonds. The molecule has 2 saturated carbocycles. The van der Waals surface area contributed by atoms with Gasteiger partial charge in [0.25, 0.3) is 0 Å². The molecule has 0 spiro atoms. The molecule has 2 unspecified atom stereocenters. The van der Waals surface area contributed by atoms with Crippen LogP contribution in [0.1, 0.15) is 38.5 Å². The van der Waals surface area contributed by atoms with Gasteiger partial charge in [-0.15, -0.1) is 0 Å². The molecular formula is C10H16O3. The SMILES string of the molecule is O=C(O)C1CCCC1OC1CCC1. The summed E-state index contributed by atoms with van der Waals surface area (Å²) in [6.07, 6.45) is 6.61. The van der Waals surface area contributed by atoms with Crippen molar-refractivity contribution in [2.45, 2.75) is 50.7 Å². The molecular weight excluding hydrogens is 168 g/mol. The van der Waals surface area contributed by atoms with E-state index >= 15 is 0 Å². The van der Waals surface area contributed by atoms with Crippen LogP contribution in [-0.2, 0) is 9.53 Å². The van der Waals surface area contributed by atoms with Crippen molar-refractivity contribution in [1.29, 1.82) is 0 Å². The van der Waals surface area contributed by atoms with Crippen LogP contribution in [0.3, 0.4) is 0 Å². The summed E-state index contributed by atoms with van der Waals surface area (Å²) in [5.41, 5.74) is 0. The van der Waals surface area contributed by atoms with Crippen LogP contribution in [0.5, 0.6) is 0 Å². The Morgan fingerprint density at radius 2 is 1.85 bits per heavy atom. The highest BCUT2D eigenvalue weighted by Gasteiger charge is 2.36. The first kappa shape index (κ1) is 9.00. The maximum absolute atomic E-state index is 10.8. The number of rotatable bonds is 3. The zero-order chi connectivity index (χ0) is 9.26. The molecule has 3 heteroatoms. The van der Waals surface area contributed by atoms with Crippen LogP contribution in [-0.4, -0.2) is 23.3 Å². The van der Waals surface area contributed by atoms with E-state index in [-0.39, 0.29) is 12.0 Å². The van der Waals surface area contributed by atoms with E-state index in [0.717, 1.165) is 32.1 Å². The predicted molar refractivity (Wildman–Crippen MR) is 47.5 cm³/mol. The molecule has 0 aromatic carbocycles. The number of aliphatic carboxylic acids is 1. The summed E-state index contributed by atoms with van der Waals surface area (Å²) in [5.74, 6) is -0.914. The molecule has 3 nitrogen and oxygen atoms in total. The lowest BCUT2D eigenvalue weighted by molar-refractivity contribution is -0.149. The van der Waals surface area contributed by atoms with Crippen LogP contribution in [0.2, 0.25) is 0 Å². The van der Waals surface area contributed by atoms with Gasteiger partial charge in [0.1, 0.15) is 0 Å². The van der Waals surface area contributed by atoms with E-state index in [4.69, 9.17) is 9.84 Å². The first-order valence-corrected chi connectivity index (χ1v) is 5.15. The first-order chi connectivity index (χ1) is 6.27. The van der Waals surface area contributed by atoms with Crippen molar-refractivity contribution < 1.29 is 14.6 Å². The third-order valence-corrected chi connectivity index (χ3v) is 3.19. The maximum Gasteiger partial charge on any atom is 0.309 e. The summed E-state index contributed by atoms with van der Waals surface area (Å²) in [6.45, 7) is 0. The molecule has 2 rings (SSSR count). The highest BCUT2D eigenvalue weighted by molar-refractivity contribution is 5.71. The van der Waals surface area contributed by atoms with E-state index < -0.39 is 5.97 Å². The molecule has 0 aromatic rings. The summed E-state index contributed by atoms with van der Waals surface area (Å²) < 4.78 is 5.74. The Balaban J connectivity index is 1.85. The second-order valence-corrected chi connectivity index (χ2v) is 4.10. The van der Waals surface area contributed by atoms with Gasteiger partial charge in [0, 0.05) is 0 Å². The molecule has 13 heavy (non-hydrogen) atoms. The van der Waals surface area contributed by atoms with Gasteiger partial charge in [-0.2, -0.15) is 0 Å². The second kappa shape index (κ2) is 3.66. The van der Waals surface area contributed by atoms with Gasteiger partial charge in [0.05, 0.1) is 18.1 Å². The number of carboxylic acid groups (broad SMARTS) is 1. The zero-order valence-corrected chi connectivity index (χ0v) is 7.74. The lowest BCUT2D eigenvalue weighted by Crippen LogP contribution is -2.32. The van der Waals surface area contributed by atoms with Crippen LogP contribution in [0.4, 0.5) is 0 Å². The van der Waals surface area contributed by atoms with Crippen LogP contribution in [0, 0.1) is 5.92 Å². The minimum atomic E-state index is -0.679. The molecule has 0 aromatic heterocycles. The molecule has 0 heterocycles. The van der Waals surface area contributed by atoms with Crippen molar-refractivity contribution in [3.8, 4) is 0 Å². The molecule has 0 saturated heterocycles. The highest BCUT2D eigenvalue weighted by atomic mass is 16.5. The van der Waals surface area contributed by atoms with Crippen molar-refractivity contribution in [3.05, 3.63) is 0 Å². The second-order valence-electron chi connectivity index (χ2n) is 4.10. The lowest BCUT2D eigenvalue weighted by atomic mass is 9.95. The fourth-order valence-electron chi connectivity index (χ4n) is 2.13. The Kier molecular flexibility index (Phi) is 2.54. The van der Waals surface area contributed by atoms with Crippen LogP contribution in [0.25, 0.3) is 0 Å². The summed E-state index contributed by atoms with van der Waals surface area (Å²) in [4.78, 5) is 10.8. The van der Waals surface area contributed by atoms with Gasteiger partial charge in [-0.3, -0.25) is 4.79 Å². The summed E-state index contributed by atoms with van der Waals surface area (Å²) in [5, 5.41) is 8.91. The van der Waals surface area contributed by atoms with Crippen molar-refractivity contribution in [2.24, 2.45) is 5.92 Å². The van der Waals surface area contributed by atoms with Gasteiger partial charge >= 0.3 is 5.97 Å². The van der Waals surface area contributed by atoms with E-state index in [1.165, 1.54) is 6.42 Å². The average molecular weight is 184 g/mol. The number of hydrogen-bond donors (Lipinski definition) is 1. The number of ether oxygens (including phenoxy) is 1. The van der Waals surface area contributed by atoms with E-state index in [9.17, 15) is 4.79 Å².